The maximum atomic E-state index is 12.6. The molecule has 2 heterocycles. The summed E-state index contributed by atoms with van der Waals surface area (Å²) in [7, 11) is 0. The summed E-state index contributed by atoms with van der Waals surface area (Å²) in [5.41, 5.74) is 2.96. The van der Waals surface area contributed by atoms with Crippen molar-refractivity contribution in [3.63, 3.8) is 0 Å². The van der Waals surface area contributed by atoms with Crippen LogP contribution in [0, 0.1) is 6.92 Å². The van der Waals surface area contributed by atoms with E-state index in [1.165, 1.54) is 16.2 Å². The minimum absolute atomic E-state index is 0.169. The monoisotopic (exact) mass is 405 g/mol. The summed E-state index contributed by atoms with van der Waals surface area (Å²) in [4.78, 5) is 29.4. The number of thioether (sulfide) groups is 1. The Balaban J connectivity index is 1.54. The van der Waals surface area contributed by atoms with Crippen molar-refractivity contribution in [2.75, 3.05) is 5.32 Å². The minimum atomic E-state index is -0.372. The van der Waals surface area contributed by atoms with Crippen LogP contribution in [0.2, 0.25) is 0 Å². The Morgan fingerprint density at radius 1 is 1.14 bits per heavy atom. The number of amides is 1. The van der Waals surface area contributed by atoms with Crippen LogP contribution in [-0.4, -0.2) is 25.1 Å². The number of carbonyl (C=O) groups excluding carboxylic acids is 1. The number of benzene rings is 2. The van der Waals surface area contributed by atoms with Gasteiger partial charge in [0.15, 0.2) is 5.65 Å². The zero-order chi connectivity index (χ0) is 20.2. The van der Waals surface area contributed by atoms with Crippen LogP contribution in [0.25, 0.3) is 5.65 Å². The Bertz CT molecular complexity index is 1220. The number of hydrogen-bond acceptors (Lipinski definition) is 5. The third-order valence-corrected chi connectivity index (χ3v) is 5.32. The largest absolute Gasteiger partial charge is 0.350 e. The molecule has 2 aromatic heterocycles. The fourth-order valence-electron chi connectivity index (χ4n) is 2.92. The van der Waals surface area contributed by atoms with Crippen molar-refractivity contribution in [1.29, 1.82) is 0 Å². The van der Waals surface area contributed by atoms with Gasteiger partial charge in [0.25, 0.3) is 0 Å². The zero-order valence-electron chi connectivity index (χ0n) is 15.8. The van der Waals surface area contributed by atoms with Crippen LogP contribution in [0.1, 0.15) is 11.1 Å². The molecule has 0 unspecified atom stereocenters. The summed E-state index contributed by atoms with van der Waals surface area (Å²) in [5.74, 6) is 0.398. The van der Waals surface area contributed by atoms with E-state index in [4.69, 9.17) is 0 Å². The molecule has 0 bridgehead atoms. The predicted molar refractivity (Wildman–Crippen MR) is 113 cm³/mol. The van der Waals surface area contributed by atoms with Crippen LogP contribution in [0.5, 0.6) is 0 Å². The zero-order valence-corrected chi connectivity index (χ0v) is 16.6. The number of aryl methyl sites for hydroxylation is 1. The Hall–Kier alpha value is -3.39. The van der Waals surface area contributed by atoms with Gasteiger partial charge < -0.3 is 5.32 Å². The van der Waals surface area contributed by atoms with Gasteiger partial charge in [0.2, 0.25) is 5.91 Å². The molecular formula is C21H19N5O2S. The number of carbonyl (C=O) groups is 1. The van der Waals surface area contributed by atoms with Gasteiger partial charge in [0.1, 0.15) is 11.6 Å². The number of nitrogens with zero attached hydrogens (tertiary/aromatic N) is 4. The van der Waals surface area contributed by atoms with Crippen molar-refractivity contribution in [3.8, 4) is 0 Å². The van der Waals surface area contributed by atoms with E-state index >= 15 is 0 Å². The average Bonchev–Trinajstić information content (AvgIpc) is 3.03. The van der Waals surface area contributed by atoms with E-state index in [2.05, 4.69) is 15.4 Å². The lowest BCUT2D eigenvalue weighted by atomic mass is 10.2. The minimum Gasteiger partial charge on any atom is -0.324 e. The fraction of sp³-hybridized carbons (Fsp3) is 0.143. The predicted octanol–water partition coefficient (Wildman–Crippen LogP) is 3.13. The first-order valence-electron chi connectivity index (χ1n) is 9.07. The van der Waals surface area contributed by atoms with Gasteiger partial charge in [-0.05, 0) is 30.2 Å². The lowest BCUT2D eigenvalue weighted by Gasteiger charge is -2.05. The molecule has 0 radical (unpaired) electrons. The molecule has 2 aromatic carbocycles. The van der Waals surface area contributed by atoms with E-state index in [-0.39, 0.29) is 18.1 Å². The number of fused-ring (bicyclic) bond motifs is 1. The number of hydrogen-bond donors (Lipinski definition) is 1. The first kappa shape index (κ1) is 18.9. The molecule has 29 heavy (non-hydrogen) atoms. The summed E-state index contributed by atoms with van der Waals surface area (Å²) in [6.07, 6.45) is 3.13. The second kappa shape index (κ2) is 8.32. The van der Waals surface area contributed by atoms with Gasteiger partial charge in [-0.1, -0.05) is 54.2 Å². The average molecular weight is 405 g/mol. The molecule has 146 valence electrons. The summed E-state index contributed by atoms with van der Waals surface area (Å²) in [6, 6.07) is 17.5. The van der Waals surface area contributed by atoms with Gasteiger partial charge in [-0.2, -0.15) is 0 Å². The van der Waals surface area contributed by atoms with Crippen molar-refractivity contribution in [2.24, 2.45) is 0 Å². The van der Waals surface area contributed by atoms with Crippen molar-refractivity contribution in [2.45, 2.75) is 24.2 Å². The molecule has 1 N–H and O–H groups in total. The lowest BCUT2D eigenvalue weighted by molar-refractivity contribution is -0.117. The van der Waals surface area contributed by atoms with Crippen LogP contribution in [0.3, 0.4) is 0 Å². The van der Waals surface area contributed by atoms with E-state index in [9.17, 15) is 9.59 Å². The Morgan fingerprint density at radius 3 is 2.76 bits per heavy atom. The number of rotatable bonds is 6. The highest BCUT2D eigenvalue weighted by Gasteiger charge is 2.14. The summed E-state index contributed by atoms with van der Waals surface area (Å²) in [5, 5.41) is 7.79. The number of aromatic nitrogens is 4. The van der Waals surface area contributed by atoms with Gasteiger partial charge >= 0.3 is 5.69 Å². The standard InChI is InChI=1S/C21H19N5O2S/c1-15-6-5-9-17(12-15)23-18(27)13-26-21(28)25-11-10-22-20(19(25)24-26)29-14-16-7-3-2-4-8-16/h2-12H,13-14H2,1H3,(H,23,27). The van der Waals surface area contributed by atoms with Crippen LogP contribution < -0.4 is 11.0 Å². The molecule has 0 spiro atoms. The summed E-state index contributed by atoms with van der Waals surface area (Å²) < 4.78 is 2.58. The molecule has 0 aliphatic heterocycles. The van der Waals surface area contributed by atoms with Crippen LogP contribution in [0.15, 0.2) is 76.8 Å². The molecule has 7 nitrogen and oxygen atoms in total. The highest BCUT2D eigenvalue weighted by Crippen LogP contribution is 2.23. The molecule has 0 atom stereocenters. The van der Waals surface area contributed by atoms with E-state index < -0.39 is 0 Å². The lowest BCUT2D eigenvalue weighted by Crippen LogP contribution is -2.28. The molecule has 0 saturated carbocycles. The topological polar surface area (TPSA) is 81.3 Å². The van der Waals surface area contributed by atoms with Gasteiger partial charge in [-0.15, -0.1) is 5.10 Å². The van der Waals surface area contributed by atoms with Crippen LogP contribution in [0.4, 0.5) is 5.69 Å². The summed E-state index contributed by atoms with van der Waals surface area (Å²) >= 11 is 1.50. The third-order valence-electron chi connectivity index (χ3n) is 4.28. The Labute approximate surface area is 171 Å². The Morgan fingerprint density at radius 2 is 1.97 bits per heavy atom. The van der Waals surface area contributed by atoms with E-state index in [1.807, 2.05) is 55.5 Å². The normalized spacial score (nSPS) is 10.9. The maximum absolute atomic E-state index is 12.6. The number of anilines is 1. The van der Waals surface area contributed by atoms with Crippen molar-refractivity contribution in [1.82, 2.24) is 19.2 Å². The molecule has 0 aliphatic rings. The van der Waals surface area contributed by atoms with Gasteiger partial charge in [0.05, 0.1) is 0 Å². The van der Waals surface area contributed by atoms with Crippen molar-refractivity contribution in [3.05, 3.63) is 88.6 Å². The summed E-state index contributed by atoms with van der Waals surface area (Å²) in [6.45, 7) is 1.78. The molecule has 4 aromatic rings. The van der Waals surface area contributed by atoms with Crippen LogP contribution >= 0.6 is 11.8 Å². The van der Waals surface area contributed by atoms with E-state index in [0.717, 1.165) is 15.8 Å². The van der Waals surface area contributed by atoms with Gasteiger partial charge in [0, 0.05) is 23.8 Å². The van der Waals surface area contributed by atoms with Crippen molar-refractivity contribution < 1.29 is 4.79 Å². The maximum Gasteiger partial charge on any atom is 0.350 e. The smallest absolute Gasteiger partial charge is 0.324 e. The fourth-order valence-corrected chi connectivity index (χ4v) is 3.82. The van der Waals surface area contributed by atoms with Gasteiger partial charge in [-0.3, -0.25) is 4.79 Å². The molecule has 8 heteroatoms. The number of nitrogens with one attached hydrogen (secondary N) is 1. The van der Waals surface area contributed by atoms with Crippen LogP contribution in [-0.2, 0) is 17.1 Å². The second-order valence-electron chi connectivity index (χ2n) is 6.56. The second-order valence-corrected chi connectivity index (χ2v) is 7.52. The van der Waals surface area contributed by atoms with E-state index in [1.54, 1.807) is 18.5 Å². The highest BCUT2D eigenvalue weighted by molar-refractivity contribution is 7.98. The molecule has 1 amide bonds. The molecule has 4 rings (SSSR count). The Kier molecular flexibility index (Phi) is 5.44. The van der Waals surface area contributed by atoms with Gasteiger partial charge in [-0.25, -0.2) is 18.9 Å². The molecule has 0 aliphatic carbocycles. The van der Waals surface area contributed by atoms with Crippen molar-refractivity contribution >= 4 is 29.0 Å². The SMILES string of the molecule is Cc1cccc(NC(=O)Cn2nc3c(SCc4ccccc4)nccn3c2=O)c1. The molecular weight excluding hydrogens is 386 g/mol. The first-order chi connectivity index (χ1) is 14.1. The highest BCUT2D eigenvalue weighted by atomic mass is 32.2. The third kappa shape index (κ3) is 4.38. The first-order valence-corrected chi connectivity index (χ1v) is 10.1. The molecule has 0 fully saturated rings. The quantitative estimate of drug-likeness (QED) is 0.499. The van der Waals surface area contributed by atoms with E-state index in [0.29, 0.717) is 22.1 Å². The molecule has 0 saturated heterocycles.